The van der Waals surface area contributed by atoms with Gasteiger partial charge in [0.15, 0.2) is 10.9 Å². The van der Waals surface area contributed by atoms with Crippen molar-refractivity contribution < 1.29 is 23.5 Å². The normalized spacial score (nSPS) is 16.9. The second-order valence-electron chi connectivity index (χ2n) is 5.51. The predicted molar refractivity (Wildman–Crippen MR) is 92.8 cm³/mol. The van der Waals surface area contributed by atoms with Crippen molar-refractivity contribution in [3.8, 4) is 0 Å². The molecule has 2 N–H and O–H groups in total. The van der Waals surface area contributed by atoms with Gasteiger partial charge >= 0.3 is 5.97 Å². The van der Waals surface area contributed by atoms with E-state index >= 15 is 0 Å². The first-order chi connectivity index (χ1) is 12.0. The maximum atomic E-state index is 12.1. The summed E-state index contributed by atoms with van der Waals surface area (Å²) in [6.45, 7) is 3.07. The molecule has 1 saturated heterocycles. The van der Waals surface area contributed by atoms with E-state index in [0.29, 0.717) is 19.7 Å². The second kappa shape index (κ2) is 9.16. The molecule has 1 atom stereocenters. The average molecular weight is 367 g/mol. The van der Waals surface area contributed by atoms with E-state index < -0.39 is 17.9 Å². The molecule has 0 radical (unpaired) electrons. The topological polar surface area (TPSA) is 101 Å². The van der Waals surface area contributed by atoms with E-state index in [2.05, 4.69) is 10.6 Å². The molecule has 2 amide bonds. The van der Waals surface area contributed by atoms with Crippen molar-refractivity contribution in [1.29, 1.82) is 0 Å². The van der Waals surface area contributed by atoms with Gasteiger partial charge in [0, 0.05) is 13.1 Å². The molecule has 1 aliphatic heterocycles. The molecule has 136 valence electrons. The Labute approximate surface area is 150 Å². The number of nitrogens with zero attached hydrogens (tertiary/aromatic N) is 1. The molecule has 0 saturated carbocycles. The van der Waals surface area contributed by atoms with E-state index in [1.165, 1.54) is 17.2 Å². The lowest BCUT2D eigenvalue weighted by atomic mass is 10.1. The second-order valence-corrected chi connectivity index (χ2v) is 5.90. The van der Waals surface area contributed by atoms with Crippen molar-refractivity contribution in [3.63, 3.8) is 0 Å². The number of furan rings is 1. The third-order valence-corrected chi connectivity index (χ3v) is 4.01. The number of nitrogens with one attached hydrogen (secondary N) is 2. The van der Waals surface area contributed by atoms with Gasteiger partial charge in [0.25, 0.3) is 5.91 Å². The van der Waals surface area contributed by atoms with Crippen molar-refractivity contribution >= 4 is 35.1 Å². The Morgan fingerprint density at radius 2 is 2.32 bits per heavy atom. The fourth-order valence-corrected chi connectivity index (χ4v) is 2.66. The summed E-state index contributed by atoms with van der Waals surface area (Å²) in [4.78, 5) is 37.6. The number of piperazine rings is 1. The van der Waals surface area contributed by atoms with Crippen LogP contribution in [0.5, 0.6) is 0 Å². The van der Waals surface area contributed by atoms with Crippen LogP contribution in [0.25, 0.3) is 0 Å². The number of carbonyl (C=O) groups excluding carboxylic acids is 3. The molecule has 0 aliphatic carbocycles. The monoisotopic (exact) mass is 367 g/mol. The lowest BCUT2D eigenvalue weighted by Crippen LogP contribution is -2.60. The third kappa shape index (κ3) is 5.28. The Kier molecular flexibility index (Phi) is 6.93. The Morgan fingerprint density at radius 3 is 3.00 bits per heavy atom. The van der Waals surface area contributed by atoms with Gasteiger partial charge in [0.1, 0.15) is 6.04 Å². The van der Waals surface area contributed by atoms with Crippen molar-refractivity contribution in [2.24, 2.45) is 0 Å². The van der Waals surface area contributed by atoms with Crippen LogP contribution in [0, 0.1) is 0 Å². The first-order valence-corrected chi connectivity index (χ1v) is 8.52. The Balaban J connectivity index is 1.97. The van der Waals surface area contributed by atoms with Crippen molar-refractivity contribution in [3.05, 3.63) is 24.2 Å². The van der Waals surface area contributed by atoms with Crippen LogP contribution in [0.15, 0.2) is 22.8 Å². The summed E-state index contributed by atoms with van der Waals surface area (Å²) >= 11 is 5.23. The molecular formula is C16H21N3O5S. The van der Waals surface area contributed by atoms with Crippen LogP contribution in [0.1, 0.15) is 36.7 Å². The highest BCUT2D eigenvalue weighted by molar-refractivity contribution is 7.80. The van der Waals surface area contributed by atoms with Crippen LogP contribution in [-0.4, -0.2) is 53.5 Å². The summed E-state index contributed by atoms with van der Waals surface area (Å²) in [6.07, 6.45) is 2.92. The van der Waals surface area contributed by atoms with E-state index in [4.69, 9.17) is 21.4 Å². The molecule has 1 aromatic heterocycles. The maximum absolute atomic E-state index is 12.1. The summed E-state index contributed by atoms with van der Waals surface area (Å²) in [7, 11) is 0. The minimum absolute atomic E-state index is 0.0719. The number of esters is 1. The summed E-state index contributed by atoms with van der Waals surface area (Å²) in [5.74, 6) is -1.20. The molecule has 1 aromatic rings. The van der Waals surface area contributed by atoms with E-state index in [-0.39, 0.29) is 23.2 Å². The van der Waals surface area contributed by atoms with Gasteiger partial charge in [0.2, 0.25) is 5.91 Å². The Bertz CT molecular complexity index is 632. The van der Waals surface area contributed by atoms with E-state index in [1.807, 2.05) is 6.92 Å². The minimum Gasteiger partial charge on any atom is -0.466 e. The van der Waals surface area contributed by atoms with E-state index in [1.54, 1.807) is 6.07 Å². The highest BCUT2D eigenvalue weighted by atomic mass is 32.1. The maximum Gasteiger partial charge on any atom is 0.308 e. The van der Waals surface area contributed by atoms with Crippen LogP contribution in [0.3, 0.4) is 0 Å². The molecule has 1 fully saturated rings. The molecular weight excluding hydrogens is 346 g/mol. The Morgan fingerprint density at radius 1 is 1.52 bits per heavy atom. The van der Waals surface area contributed by atoms with Crippen molar-refractivity contribution in [2.75, 3.05) is 19.7 Å². The van der Waals surface area contributed by atoms with Crippen LogP contribution >= 0.6 is 12.2 Å². The number of amides is 2. The zero-order chi connectivity index (χ0) is 18.2. The fourth-order valence-electron chi connectivity index (χ4n) is 2.35. The van der Waals surface area contributed by atoms with Gasteiger partial charge in [-0.2, -0.15) is 0 Å². The van der Waals surface area contributed by atoms with Crippen LogP contribution < -0.4 is 10.6 Å². The largest absolute Gasteiger partial charge is 0.466 e. The molecule has 2 rings (SSSR count). The number of carbonyl (C=O) groups is 3. The summed E-state index contributed by atoms with van der Waals surface area (Å²) in [5.41, 5.74) is 0. The molecule has 0 spiro atoms. The number of ether oxygens (including phenoxy) is 1. The zero-order valence-corrected chi connectivity index (χ0v) is 14.8. The summed E-state index contributed by atoms with van der Waals surface area (Å²) in [6, 6.07) is 2.28. The highest BCUT2D eigenvalue weighted by Crippen LogP contribution is 2.11. The third-order valence-electron chi connectivity index (χ3n) is 3.68. The van der Waals surface area contributed by atoms with Gasteiger partial charge in [-0.05, 0) is 30.8 Å². The van der Waals surface area contributed by atoms with Crippen molar-refractivity contribution in [2.45, 2.75) is 32.2 Å². The molecule has 25 heavy (non-hydrogen) atoms. The number of rotatable bonds is 6. The zero-order valence-electron chi connectivity index (χ0n) is 13.9. The number of hydrogen-bond donors (Lipinski definition) is 2. The average Bonchev–Trinajstić information content (AvgIpc) is 3.11. The lowest BCUT2D eigenvalue weighted by molar-refractivity contribution is -0.147. The first kappa shape index (κ1) is 18.9. The standard InChI is InChI=1S/C16H21N3O5S/c1-2-3-8-24-13(20)10-11-14(21)17-6-7-19(11)16(25)18-15(22)12-5-4-9-23-12/h4-5,9,11H,2-3,6-8,10H2,1H3,(H,17,21)(H,18,22,25). The molecule has 0 aromatic carbocycles. The van der Waals surface area contributed by atoms with Crippen molar-refractivity contribution in [1.82, 2.24) is 15.5 Å². The molecule has 2 heterocycles. The predicted octanol–water partition coefficient (Wildman–Crippen LogP) is 0.828. The minimum atomic E-state index is -0.813. The van der Waals surface area contributed by atoms with Crippen LogP contribution in [0.2, 0.25) is 0 Å². The van der Waals surface area contributed by atoms with E-state index in [9.17, 15) is 14.4 Å². The number of unbranched alkanes of at least 4 members (excludes halogenated alkanes) is 1. The molecule has 8 nitrogen and oxygen atoms in total. The van der Waals surface area contributed by atoms with Gasteiger partial charge in [0.05, 0.1) is 19.3 Å². The van der Waals surface area contributed by atoms with Gasteiger partial charge in [-0.15, -0.1) is 0 Å². The molecule has 0 bridgehead atoms. The van der Waals surface area contributed by atoms with E-state index in [0.717, 1.165) is 12.8 Å². The smallest absolute Gasteiger partial charge is 0.308 e. The first-order valence-electron chi connectivity index (χ1n) is 8.11. The molecule has 1 unspecified atom stereocenters. The lowest BCUT2D eigenvalue weighted by Gasteiger charge is -2.36. The van der Waals surface area contributed by atoms with Gasteiger partial charge in [-0.25, -0.2) is 0 Å². The molecule has 9 heteroatoms. The van der Waals surface area contributed by atoms with Crippen LogP contribution in [0.4, 0.5) is 0 Å². The Hall–Kier alpha value is -2.42. The summed E-state index contributed by atoms with van der Waals surface area (Å²) in [5, 5.41) is 5.28. The van der Waals surface area contributed by atoms with Gasteiger partial charge in [-0.3, -0.25) is 19.7 Å². The SMILES string of the molecule is CCCCOC(=O)CC1C(=O)NCCN1C(=S)NC(=O)c1ccco1. The number of thiocarbonyl (C=S) groups is 1. The van der Waals surface area contributed by atoms with Gasteiger partial charge in [-0.1, -0.05) is 13.3 Å². The number of hydrogen-bond acceptors (Lipinski definition) is 6. The highest BCUT2D eigenvalue weighted by Gasteiger charge is 2.34. The summed E-state index contributed by atoms with van der Waals surface area (Å²) < 4.78 is 10.1. The van der Waals surface area contributed by atoms with Crippen LogP contribution in [-0.2, 0) is 14.3 Å². The fraction of sp³-hybridized carbons (Fsp3) is 0.500. The molecule has 1 aliphatic rings. The van der Waals surface area contributed by atoms with Gasteiger partial charge < -0.3 is 19.4 Å². The quantitative estimate of drug-likeness (QED) is 0.436.